The summed E-state index contributed by atoms with van der Waals surface area (Å²) in [4.78, 5) is 0.381. The number of hydrogen-bond acceptors (Lipinski definition) is 2. The Hall–Kier alpha value is -0.910. The molecule has 3 rings (SSSR count). The first kappa shape index (κ1) is 16.0. The molecule has 0 atom stereocenters. The van der Waals surface area contributed by atoms with Crippen LogP contribution in [0.25, 0.3) is 0 Å². The highest BCUT2D eigenvalue weighted by Gasteiger charge is 2.31. The molecule has 1 aliphatic heterocycles. The number of benzene rings is 1. The summed E-state index contributed by atoms with van der Waals surface area (Å²) in [5.74, 6) is 1.04. The molecule has 3 nitrogen and oxygen atoms in total. The summed E-state index contributed by atoms with van der Waals surface area (Å²) in [6.45, 7) is 1.22. The fraction of sp³-hybridized carbons (Fsp3) is 0.412. The van der Waals surface area contributed by atoms with Gasteiger partial charge in [0.05, 0.1) is 4.90 Å². The van der Waals surface area contributed by atoms with Gasteiger partial charge in [0.15, 0.2) is 0 Å². The van der Waals surface area contributed by atoms with Gasteiger partial charge in [-0.1, -0.05) is 40.2 Å². The van der Waals surface area contributed by atoms with Gasteiger partial charge in [-0.05, 0) is 55.4 Å². The van der Waals surface area contributed by atoms with Gasteiger partial charge in [-0.3, -0.25) is 0 Å². The van der Waals surface area contributed by atoms with E-state index < -0.39 is 10.0 Å². The van der Waals surface area contributed by atoms with Crippen LogP contribution in [0.15, 0.2) is 57.9 Å². The van der Waals surface area contributed by atoms with Crippen molar-refractivity contribution < 1.29 is 8.42 Å². The van der Waals surface area contributed by atoms with Crippen LogP contribution in [0.4, 0.5) is 0 Å². The highest BCUT2D eigenvalue weighted by Crippen LogP contribution is 2.31. The van der Waals surface area contributed by atoms with Gasteiger partial charge >= 0.3 is 0 Å². The highest BCUT2D eigenvalue weighted by atomic mass is 79.9. The average molecular weight is 382 g/mol. The zero-order chi connectivity index (χ0) is 15.6. The Kier molecular flexibility index (Phi) is 4.85. The van der Waals surface area contributed by atoms with Gasteiger partial charge in [0, 0.05) is 17.6 Å². The summed E-state index contributed by atoms with van der Waals surface area (Å²) in [7, 11) is -3.36. The maximum absolute atomic E-state index is 12.7. The van der Waals surface area contributed by atoms with Gasteiger partial charge in [-0.2, -0.15) is 4.31 Å². The van der Waals surface area contributed by atoms with E-state index in [9.17, 15) is 8.42 Å². The lowest BCUT2D eigenvalue weighted by atomic mass is 9.83. The van der Waals surface area contributed by atoms with Crippen LogP contribution in [0.2, 0.25) is 0 Å². The Labute approximate surface area is 140 Å². The molecule has 0 bridgehead atoms. The van der Waals surface area contributed by atoms with E-state index >= 15 is 0 Å². The number of sulfonamides is 1. The molecule has 1 aliphatic carbocycles. The number of nitrogens with zero attached hydrogens (tertiary/aromatic N) is 1. The summed E-state index contributed by atoms with van der Waals surface area (Å²) >= 11 is 3.34. The second kappa shape index (κ2) is 6.69. The topological polar surface area (TPSA) is 37.4 Å². The summed E-state index contributed by atoms with van der Waals surface area (Å²) < 4.78 is 27.8. The van der Waals surface area contributed by atoms with Gasteiger partial charge in [0.2, 0.25) is 10.0 Å². The minimum absolute atomic E-state index is 0.381. The molecule has 5 heteroatoms. The first-order valence-electron chi connectivity index (χ1n) is 7.66. The summed E-state index contributed by atoms with van der Waals surface area (Å²) in [6.07, 6.45) is 11.8. The van der Waals surface area contributed by atoms with Crippen LogP contribution in [0.3, 0.4) is 0 Å². The minimum atomic E-state index is -3.36. The normalized spacial score (nSPS) is 21.3. The highest BCUT2D eigenvalue weighted by molar-refractivity contribution is 9.10. The fourth-order valence-electron chi connectivity index (χ4n) is 3.19. The molecule has 0 aromatic heterocycles. The Morgan fingerprint density at radius 2 is 1.59 bits per heavy atom. The van der Waals surface area contributed by atoms with Crippen molar-refractivity contribution in [3.8, 4) is 0 Å². The van der Waals surface area contributed by atoms with Crippen LogP contribution < -0.4 is 0 Å². The molecule has 0 radical (unpaired) electrons. The molecule has 22 heavy (non-hydrogen) atoms. The van der Waals surface area contributed by atoms with E-state index in [1.165, 1.54) is 0 Å². The van der Waals surface area contributed by atoms with Crippen molar-refractivity contribution in [1.29, 1.82) is 0 Å². The monoisotopic (exact) mass is 381 g/mol. The Balaban J connectivity index is 1.67. The number of rotatable bonds is 3. The van der Waals surface area contributed by atoms with E-state index in [1.54, 1.807) is 28.6 Å². The van der Waals surface area contributed by atoms with Crippen LogP contribution in [0.1, 0.15) is 19.3 Å². The van der Waals surface area contributed by atoms with E-state index in [1.807, 2.05) is 0 Å². The molecule has 2 aliphatic rings. The van der Waals surface area contributed by atoms with Crippen molar-refractivity contribution in [2.75, 3.05) is 13.1 Å². The number of halogens is 1. The van der Waals surface area contributed by atoms with Crippen molar-refractivity contribution >= 4 is 26.0 Å². The van der Waals surface area contributed by atoms with E-state index in [0.717, 1.165) is 23.7 Å². The first-order valence-corrected chi connectivity index (χ1v) is 9.90. The number of hydrogen-bond donors (Lipinski definition) is 0. The van der Waals surface area contributed by atoms with Gasteiger partial charge in [0.1, 0.15) is 0 Å². The maximum atomic E-state index is 12.7. The number of piperidine rings is 1. The van der Waals surface area contributed by atoms with Crippen LogP contribution in [-0.4, -0.2) is 25.8 Å². The van der Waals surface area contributed by atoms with Crippen molar-refractivity contribution in [2.45, 2.75) is 24.2 Å². The minimum Gasteiger partial charge on any atom is -0.207 e. The molecule has 0 N–H and O–H groups in total. The third-order valence-corrected chi connectivity index (χ3v) is 6.92. The molecule has 1 aromatic rings. The molecule has 0 unspecified atom stereocenters. The largest absolute Gasteiger partial charge is 0.243 e. The van der Waals surface area contributed by atoms with E-state index in [-0.39, 0.29) is 0 Å². The summed E-state index contributed by atoms with van der Waals surface area (Å²) in [5.41, 5.74) is 0. The van der Waals surface area contributed by atoms with E-state index in [0.29, 0.717) is 29.8 Å². The van der Waals surface area contributed by atoms with Crippen LogP contribution >= 0.6 is 15.9 Å². The van der Waals surface area contributed by atoms with Gasteiger partial charge in [0.25, 0.3) is 0 Å². The zero-order valence-corrected chi connectivity index (χ0v) is 14.8. The molecule has 1 saturated heterocycles. The molecule has 118 valence electrons. The molecule has 0 amide bonds. The van der Waals surface area contributed by atoms with E-state index in [2.05, 4.69) is 40.2 Å². The standard InChI is InChI=1S/C17H20BrNO2S/c18-16-6-8-17(9-7-16)22(20,21)19-12-10-15(11-13-19)14-4-2-1-3-5-14/h2-9,14-15H,1,10-13H2. The SMILES string of the molecule is O=S(=O)(c1ccc(Br)cc1)N1CCC(C2C=CCC=C2)CC1. The van der Waals surface area contributed by atoms with Crippen molar-refractivity contribution in [1.82, 2.24) is 4.31 Å². The first-order chi connectivity index (χ1) is 10.6. The van der Waals surface area contributed by atoms with Crippen molar-refractivity contribution in [3.63, 3.8) is 0 Å². The summed E-state index contributed by atoms with van der Waals surface area (Å²) in [5, 5.41) is 0. The second-order valence-electron chi connectivity index (χ2n) is 5.86. The van der Waals surface area contributed by atoms with Gasteiger partial charge < -0.3 is 0 Å². The van der Waals surface area contributed by atoms with Crippen molar-refractivity contribution in [3.05, 3.63) is 53.0 Å². The summed E-state index contributed by atoms with van der Waals surface area (Å²) in [6, 6.07) is 6.88. The zero-order valence-electron chi connectivity index (χ0n) is 12.4. The maximum Gasteiger partial charge on any atom is 0.243 e. The average Bonchev–Trinajstić information content (AvgIpc) is 2.56. The smallest absolute Gasteiger partial charge is 0.207 e. The van der Waals surface area contributed by atoms with Crippen LogP contribution in [-0.2, 0) is 10.0 Å². The predicted molar refractivity (Wildman–Crippen MR) is 92.0 cm³/mol. The predicted octanol–water partition coefficient (Wildman–Crippen LogP) is 3.98. The van der Waals surface area contributed by atoms with Crippen LogP contribution in [0.5, 0.6) is 0 Å². The lowest BCUT2D eigenvalue weighted by Gasteiger charge is -2.34. The number of allylic oxidation sites excluding steroid dienone is 4. The Morgan fingerprint density at radius 1 is 1.00 bits per heavy atom. The second-order valence-corrected chi connectivity index (χ2v) is 8.72. The van der Waals surface area contributed by atoms with Gasteiger partial charge in [-0.15, -0.1) is 0 Å². The molecular weight excluding hydrogens is 362 g/mol. The Morgan fingerprint density at radius 3 is 2.18 bits per heavy atom. The molecule has 1 heterocycles. The van der Waals surface area contributed by atoms with Crippen LogP contribution in [0, 0.1) is 11.8 Å². The third kappa shape index (κ3) is 3.36. The van der Waals surface area contributed by atoms with Crippen molar-refractivity contribution in [2.24, 2.45) is 11.8 Å². The molecular formula is C17H20BrNO2S. The molecule has 1 fully saturated rings. The Bertz CT molecular complexity index is 659. The lowest BCUT2D eigenvalue weighted by molar-refractivity contribution is 0.250. The van der Waals surface area contributed by atoms with E-state index in [4.69, 9.17) is 0 Å². The van der Waals surface area contributed by atoms with Gasteiger partial charge in [-0.25, -0.2) is 8.42 Å². The quantitative estimate of drug-likeness (QED) is 0.742. The fourth-order valence-corrected chi connectivity index (χ4v) is 4.92. The molecule has 0 saturated carbocycles. The molecule has 1 aromatic carbocycles. The third-order valence-electron chi connectivity index (χ3n) is 4.48. The lowest BCUT2D eigenvalue weighted by Crippen LogP contribution is -2.39. The molecule has 0 spiro atoms.